The summed E-state index contributed by atoms with van der Waals surface area (Å²) in [5, 5.41) is 0. The predicted molar refractivity (Wildman–Crippen MR) is 50.8 cm³/mol. The molecule has 0 radical (unpaired) electrons. The number of rotatable bonds is 1. The molecule has 0 bridgehead atoms. The Morgan fingerprint density at radius 1 is 1.36 bits per heavy atom. The van der Waals surface area contributed by atoms with Crippen LogP contribution in [0.1, 0.15) is 30.9 Å². The number of hydrogen-bond donors (Lipinski definition) is 0. The molecule has 0 saturated heterocycles. The van der Waals surface area contributed by atoms with E-state index in [-0.39, 0.29) is 18.5 Å². The highest BCUT2D eigenvalue weighted by molar-refractivity contribution is 5.44. The molecule has 2 nitrogen and oxygen atoms in total. The minimum atomic E-state index is -0.221. The molecular weight excluding hydrogens is 183 g/mol. The van der Waals surface area contributed by atoms with Gasteiger partial charge in [-0.25, -0.2) is 4.39 Å². The van der Waals surface area contributed by atoms with Crippen molar-refractivity contribution < 1.29 is 13.9 Å². The second-order valence-electron chi connectivity index (χ2n) is 3.75. The lowest BCUT2D eigenvalue weighted by Gasteiger charge is -2.22. The van der Waals surface area contributed by atoms with Gasteiger partial charge in [0.15, 0.2) is 6.79 Å². The Bertz CT molecular complexity index is 347. The van der Waals surface area contributed by atoms with Crippen LogP contribution in [0.25, 0.3) is 0 Å². The van der Waals surface area contributed by atoms with Gasteiger partial charge in [-0.05, 0) is 18.1 Å². The molecule has 1 aliphatic rings. The van der Waals surface area contributed by atoms with Crippen LogP contribution in [0.4, 0.5) is 4.39 Å². The van der Waals surface area contributed by atoms with Crippen LogP contribution in [0, 0.1) is 5.82 Å². The Kier molecular flexibility index (Phi) is 2.42. The summed E-state index contributed by atoms with van der Waals surface area (Å²) in [6, 6.07) is 3.01. The van der Waals surface area contributed by atoms with Crippen molar-refractivity contribution in [2.45, 2.75) is 26.4 Å². The molecule has 0 amide bonds. The van der Waals surface area contributed by atoms with Crippen molar-refractivity contribution in [2.24, 2.45) is 0 Å². The standard InChI is InChI=1S/C11H13FO2/c1-7(2)10-4-9(12)3-8-5-13-6-14-11(8)10/h3-4,7H,5-6H2,1-2H3. The molecule has 1 aromatic rings. The Hall–Kier alpha value is -1.09. The SMILES string of the molecule is CC(C)c1cc(F)cc2c1OCOC2. The third-order valence-electron chi connectivity index (χ3n) is 2.33. The first-order chi connectivity index (χ1) is 6.68. The molecule has 0 aliphatic carbocycles. The minimum absolute atomic E-state index is 0.221. The van der Waals surface area contributed by atoms with Gasteiger partial charge in [0.1, 0.15) is 11.6 Å². The predicted octanol–water partition coefficient (Wildman–Crippen LogP) is 2.82. The molecule has 2 rings (SSSR count). The summed E-state index contributed by atoms with van der Waals surface area (Å²) in [4.78, 5) is 0. The maximum absolute atomic E-state index is 13.2. The van der Waals surface area contributed by atoms with Crippen LogP contribution in [0.3, 0.4) is 0 Å². The van der Waals surface area contributed by atoms with Crippen LogP contribution in [0.15, 0.2) is 12.1 Å². The van der Waals surface area contributed by atoms with Gasteiger partial charge in [-0.1, -0.05) is 13.8 Å². The van der Waals surface area contributed by atoms with Crippen molar-refractivity contribution in [3.63, 3.8) is 0 Å². The molecule has 0 fully saturated rings. The average Bonchev–Trinajstić information content (AvgIpc) is 2.16. The van der Waals surface area contributed by atoms with E-state index >= 15 is 0 Å². The molecule has 0 atom stereocenters. The largest absolute Gasteiger partial charge is 0.467 e. The Morgan fingerprint density at radius 2 is 2.14 bits per heavy atom. The molecule has 14 heavy (non-hydrogen) atoms. The van der Waals surface area contributed by atoms with Gasteiger partial charge in [-0.3, -0.25) is 0 Å². The quantitative estimate of drug-likeness (QED) is 0.687. The van der Waals surface area contributed by atoms with Crippen LogP contribution in [0.5, 0.6) is 5.75 Å². The maximum atomic E-state index is 13.2. The first kappa shape index (κ1) is 9.46. The highest BCUT2D eigenvalue weighted by Gasteiger charge is 2.18. The number of ether oxygens (including phenoxy) is 2. The Labute approximate surface area is 82.6 Å². The summed E-state index contributed by atoms with van der Waals surface area (Å²) in [5.74, 6) is 0.840. The third-order valence-corrected chi connectivity index (χ3v) is 2.33. The topological polar surface area (TPSA) is 18.5 Å². The van der Waals surface area contributed by atoms with Crippen LogP contribution >= 0.6 is 0 Å². The molecule has 0 unspecified atom stereocenters. The van der Waals surface area contributed by atoms with Crippen molar-refractivity contribution in [3.05, 3.63) is 29.1 Å². The third kappa shape index (κ3) is 1.60. The molecule has 1 aromatic carbocycles. The highest BCUT2D eigenvalue weighted by Crippen LogP contribution is 2.33. The second-order valence-corrected chi connectivity index (χ2v) is 3.75. The van der Waals surface area contributed by atoms with E-state index in [1.54, 1.807) is 0 Å². The molecular formula is C11H13FO2. The molecule has 76 valence electrons. The van der Waals surface area contributed by atoms with E-state index in [1.807, 2.05) is 13.8 Å². The molecule has 0 saturated carbocycles. The minimum Gasteiger partial charge on any atom is -0.467 e. The molecule has 1 heterocycles. The smallest absolute Gasteiger partial charge is 0.189 e. The number of benzene rings is 1. The molecule has 0 aromatic heterocycles. The first-order valence-electron chi connectivity index (χ1n) is 4.71. The van der Waals surface area contributed by atoms with Gasteiger partial charge in [0.25, 0.3) is 0 Å². The van der Waals surface area contributed by atoms with E-state index in [2.05, 4.69) is 0 Å². The average molecular weight is 196 g/mol. The zero-order valence-electron chi connectivity index (χ0n) is 8.34. The van der Waals surface area contributed by atoms with E-state index in [0.29, 0.717) is 6.61 Å². The first-order valence-corrected chi connectivity index (χ1v) is 4.71. The van der Waals surface area contributed by atoms with Gasteiger partial charge < -0.3 is 9.47 Å². The van der Waals surface area contributed by atoms with E-state index in [0.717, 1.165) is 16.9 Å². The fourth-order valence-corrected chi connectivity index (χ4v) is 1.64. The number of halogens is 1. The van der Waals surface area contributed by atoms with E-state index < -0.39 is 0 Å². The van der Waals surface area contributed by atoms with E-state index in [9.17, 15) is 4.39 Å². The number of fused-ring (bicyclic) bond motifs is 1. The highest BCUT2D eigenvalue weighted by atomic mass is 19.1. The molecule has 0 spiro atoms. The van der Waals surface area contributed by atoms with Gasteiger partial charge in [-0.15, -0.1) is 0 Å². The fourth-order valence-electron chi connectivity index (χ4n) is 1.64. The summed E-state index contributed by atoms with van der Waals surface area (Å²) >= 11 is 0. The van der Waals surface area contributed by atoms with Crippen molar-refractivity contribution in [2.75, 3.05) is 6.79 Å². The fraction of sp³-hybridized carbons (Fsp3) is 0.455. The van der Waals surface area contributed by atoms with Crippen LogP contribution in [0.2, 0.25) is 0 Å². The zero-order chi connectivity index (χ0) is 10.1. The van der Waals surface area contributed by atoms with Crippen LogP contribution < -0.4 is 4.74 Å². The summed E-state index contributed by atoms with van der Waals surface area (Å²) in [5.41, 5.74) is 1.73. The maximum Gasteiger partial charge on any atom is 0.189 e. The summed E-state index contributed by atoms with van der Waals surface area (Å²) in [7, 11) is 0. The molecule has 0 N–H and O–H groups in total. The summed E-state index contributed by atoms with van der Waals surface area (Å²) in [6.07, 6.45) is 0. The van der Waals surface area contributed by atoms with Crippen molar-refractivity contribution in [3.8, 4) is 5.75 Å². The Morgan fingerprint density at radius 3 is 2.86 bits per heavy atom. The van der Waals surface area contributed by atoms with Crippen molar-refractivity contribution in [1.82, 2.24) is 0 Å². The summed E-state index contributed by atoms with van der Waals surface area (Å²) < 4.78 is 23.7. The van der Waals surface area contributed by atoms with Gasteiger partial charge in [0, 0.05) is 11.1 Å². The monoisotopic (exact) mass is 196 g/mol. The van der Waals surface area contributed by atoms with Crippen molar-refractivity contribution >= 4 is 0 Å². The molecule has 1 aliphatic heterocycles. The zero-order valence-corrected chi connectivity index (χ0v) is 8.34. The van der Waals surface area contributed by atoms with E-state index in [4.69, 9.17) is 9.47 Å². The summed E-state index contributed by atoms with van der Waals surface area (Å²) in [6.45, 7) is 4.74. The van der Waals surface area contributed by atoms with E-state index in [1.165, 1.54) is 12.1 Å². The van der Waals surface area contributed by atoms with Gasteiger partial charge in [-0.2, -0.15) is 0 Å². The van der Waals surface area contributed by atoms with Crippen LogP contribution in [-0.2, 0) is 11.3 Å². The normalized spacial score (nSPS) is 15.1. The van der Waals surface area contributed by atoms with Crippen LogP contribution in [-0.4, -0.2) is 6.79 Å². The Balaban J connectivity index is 2.52. The van der Waals surface area contributed by atoms with Crippen molar-refractivity contribution in [1.29, 1.82) is 0 Å². The lowest BCUT2D eigenvalue weighted by molar-refractivity contribution is -0.0174. The molecule has 3 heteroatoms. The number of hydrogen-bond acceptors (Lipinski definition) is 2. The lowest BCUT2D eigenvalue weighted by atomic mass is 9.98. The van der Waals surface area contributed by atoms with Gasteiger partial charge in [0.2, 0.25) is 0 Å². The van der Waals surface area contributed by atoms with Gasteiger partial charge in [0.05, 0.1) is 6.61 Å². The van der Waals surface area contributed by atoms with Gasteiger partial charge >= 0.3 is 0 Å². The second kappa shape index (κ2) is 3.58. The lowest BCUT2D eigenvalue weighted by Crippen LogP contribution is -2.14.